The van der Waals surface area contributed by atoms with Crippen LogP contribution in [-0.4, -0.2) is 18.0 Å². The van der Waals surface area contributed by atoms with Crippen molar-refractivity contribution in [1.82, 2.24) is 4.90 Å². The lowest BCUT2D eigenvalue weighted by molar-refractivity contribution is 0.271. The third-order valence-corrected chi connectivity index (χ3v) is 3.77. The monoisotopic (exact) mass is 252 g/mol. The molecule has 1 aliphatic rings. The molecule has 0 amide bonds. The maximum absolute atomic E-state index is 8.81. The fraction of sp³-hybridized carbons (Fsp3) is 0.353. The molecule has 2 nitrogen and oxygen atoms in total. The van der Waals surface area contributed by atoms with Gasteiger partial charge in [-0.25, -0.2) is 0 Å². The van der Waals surface area contributed by atoms with Crippen LogP contribution in [0, 0.1) is 11.3 Å². The molecule has 19 heavy (non-hydrogen) atoms. The van der Waals surface area contributed by atoms with Gasteiger partial charge in [0.2, 0.25) is 0 Å². The summed E-state index contributed by atoms with van der Waals surface area (Å²) < 4.78 is 0. The fourth-order valence-corrected chi connectivity index (χ4v) is 2.63. The SMILES string of the molecule is C=C(/C=C/C)N1CCC(c2ccc(C#N)cc2)CC1. The minimum atomic E-state index is 0.613. The van der Waals surface area contributed by atoms with Gasteiger partial charge in [0.1, 0.15) is 0 Å². The second-order valence-corrected chi connectivity index (χ2v) is 4.99. The summed E-state index contributed by atoms with van der Waals surface area (Å²) in [5.41, 5.74) is 3.21. The first kappa shape index (κ1) is 13.4. The number of nitriles is 1. The van der Waals surface area contributed by atoms with Gasteiger partial charge in [0, 0.05) is 18.8 Å². The van der Waals surface area contributed by atoms with Crippen molar-refractivity contribution in [3.63, 3.8) is 0 Å². The zero-order valence-electron chi connectivity index (χ0n) is 11.5. The maximum atomic E-state index is 8.81. The molecule has 0 saturated carbocycles. The first-order valence-electron chi connectivity index (χ1n) is 6.81. The normalized spacial score (nSPS) is 16.5. The molecule has 1 aromatic carbocycles. The number of nitrogens with zero attached hydrogens (tertiary/aromatic N) is 2. The number of piperidine rings is 1. The Morgan fingerprint density at radius 3 is 2.47 bits per heavy atom. The van der Waals surface area contributed by atoms with Crippen LogP contribution >= 0.6 is 0 Å². The Kier molecular flexibility index (Phi) is 4.41. The number of allylic oxidation sites excluding steroid dienone is 2. The van der Waals surface area contributed by atoms with Crippen molar-refractivity contribution in [2.24, 2.45) is 0 Å². The van der Waals surface area contributed by atoms with Crippen molar-refractivity contribution >= 4 is 0 Å². The van der Waals surface area contributed by atoms with E-state index in [4.69, 9.17) is 5.26 Å². The molecule has 0 unspecified atom stereocenters. The lowest BCUT2D eigenvalue weighted by Gasteiger charge is -2.34. The van der Waals surface area contributed by atoms with Gasteiger partial charge in [-0.3, -0.25) is 0 Å². The maximum Gasteiger partial charge on any atom is 0.0991 e. The molecule has 0 spiro atoms. The lowest BCUT2D eigenvalue weighted by Crippen LogP contribution is -2.31. The second kappa shape index (κ2) is 6.24. The van der Waals surface area contributed by atoms with Crippen molar-refractivity contribution in [1.29, 1.82) is 5.26 Å². The highest BCUT2D eigenvalue weighted by Crippen LogP contribution is 2.29. The van der Waals surface area contributed by atoms with Crippen LogP contribution in [0.3, 0.4) is 0 Å². The summed E-state index contributed by atoms with van der Waals surface area (Å²) in [5, 5.41) is 8.81. The molecule has 1 aromatic rings. The molecule has 0 aromatic heterocycles. The van der Waals surface area contributed by atoms with Gasteiger partial charge in [0.25, 0.3) is 0 Å². The average Bonchev–Trinajstić information content (AvgIpc) is 2.48. The summed E-state index contributed by atoms with van der Waals surface area (Å²) in [4.78, 5) is 2.35. The Bertz CT molecular complexity index is 497. The Hall–Kier alpha value is -2.01. The Morgan fingerprint density at radius 2 is 1.95 bits per heavy atom. The predicted octanol–water partition coefficient (Wildman–Crippen LogP) is 3.83. The van der Waals surface area contributed by atoms with Crippen LogP contribution in [0.25, 0.3) is 0 Å². The molecule has 2 heteroatoms. The van der Waals surface area contributed by atoms with E-state index in [0.29, 0.717) is 5.92 Å². The molecule has 98 valence electrons. The molecule has 0 aliphatic carbocycles. The van der Waals surface area contributed by atoms with Crippen LogP contribution in [0.4, 0.5) is 0 Å². The summed E-state index contributed by atoms with van der Waals surface area (Å²) in [5.74, 6) is 0.613. The first-order valence-corrected chi connectivity index (χ1v) is 6.81. The highest BCUT2D eigenvalue weighted by atomic mass is 15.1. The van der Waals surface area contributed by atoms with E-state index in [1.54, 1.807) is 0 Å². The zero-order chi connectivity index (χ0) is 13.7. The molecule has 2 rings (SSSR count). The average molecular weight is 252 g/mol. The molecular weight excluding hydrogens is 232 g/mol. The number of hydrogen-bond acceptors (Lipinski definition) is 2. The molecular formula is C17H20N2. The number of hydrogen-bond donors (Lipinski definition) is 0. The van der Waals surface area contributed by atoms with Gasteiger partial charge in [-0.15, -0.1) is 0 Å². The van der Waals surface area contributed by atoms with E-state index < -0.39 is 0 Å². The third-order valence-electron chi connectivity index (χ3n) is 3.77. The fourth-order valence-electron chi connectivity index (χ4n) is 2.63. The van der Waals surface area contributed by atoms with Crippen molar-refractivity contribution in [2.75, 3.05) is 13.1 Å². The van der Waals surface area contributed by atoms with Crippen LogP contribution < -0.4 is 0 Å². The standard InChI is InChI=1S/C17H20N2/c1-3-4-14(2)19-11-9-17(10-12-19)16-7-5-15(13-18)6-8-16/h3-8,17H,2,9-12H2,1H3/b4-3+. The quantitative estimate of drug-likeness (QED) is 0.764. The predicted molar refractivity (Wildman–Crippen MR) is 78.7 cm³/mol. The molecule has 0 N–H and O–H groups in total. The molecule has 0 atom stereocenters. The van der Waals surface area contributed by atoms with E-state index in [9.17, 15) is 0 Å². The van der Waals surface area contributed by atoms with E-state index >= 15 is 0 Å². The topological polar surface area (TPSA) is 27.0 Å². The molecule has 0 radical (unpaired) electrons. The first-order chi connectivity index (χ1) is 9.24. The van der Waals surface area contributed by atoms with Gasteiger partial charge in [0.05, 0.1) is 11.6 Å². The Morgan fingerprint density at radius 1 is 1.32 bits per heavy atom. The van der Waals surface area contributed by atoms with Crippen LogP contribution in [-0.2, 0) is 0 Å². The number of rotatable bonds is 3. The molecule has 0 bridgehead atoms. The lowest BCUT2D eigenvalue weighted by atomic mass is 9.89. The highest BCUT2D eigenvalue weighted by Gasteiger charge is 2.20. The van der Waals surface area contributed by atoms with Crippen LogP contribution in [0.2, 0.25) is 0 Å². The van der Waals surface area contributed by atoms with Crippen molar-refractivity contribution in [2.45, 2.75) is 25.7 Å². The van der Waals surface area contributed by atoms with E-state index in [1.165, 1.54) is 5.56 Å². The minimum absolute atomic E-state index is 0.613. The van der Waals surface area contributed by atoms with Gasteiger partial charge in [-0.2, -0.15) is 5.26 Å². The van der Waals surface area contributed by atoms with Crippen LogP contribution in [0.1, 0.15) is 36.8 Å². The molecule has 1 heterocycles. The molecule has 1 saturated heterocycles. The van der Waals surface area contributed by atoms with Crippen LogP contribution in [0.15, 0.2) is 48.7 Å². The Labute approximate surface area is 115 Å². The summed E-state index contributed by atoms with van der Waals surface area (Å²) in [7, 11) is 0. The van der Waals surface area contributed by atoms with Gasteiger partial charge < -0.3 is 4.90 Å². The second-order valence-electron chi connectivity index (χ2n) is 4.99. The minimum Gasteiger partial charge on any atom is -0.372 e. The van der Waals surface area contributed by atoms with E-state index in [-0.39, 0.29) is 0 Å². The van der Waals surface area contributed by atoms with Crippen molar-refractivity contribution in [3.05, 3.63) is 59.8 Å². The smallest absolute Gasteiger partial charge is 0.0991 e. The molecule has 1 fully saturated rings. The zero-order valence-corrected chi connectivity index (χ0v) is 11.5. The van der Waals surface area contributed by atoms with E-state index in [2.05, 4.69) is 35.8 Å². The Balaban J connectivity index is 1.96. The van der Waals surface area contributed by atoms with Gasteiger partial charge >= 0.3 is 0 Å². The largest absolute Gasteiger partial charge is 0.372 e. The summed E-state index contributed by atoms with van der Waals surface area (Å²) in [6.45, 7) is 8.24. The van der Waals surface area contributed by atoms with E-state index in [1.807, 2.05) is 25.1 Å². The summed E-state index contributed by atoms with van der Waals surface area (Å²) in [6.07, 6.45) is 6.42. The van der Waals surface area contributed by atoms with Crippen molar-refractivity contribution < 1.29 is 0 Å². The summed E-state index contributed by atoms with van der Waals surface area (Å²) >= 11 is 0. The van der Waals surface area contributed by atoms with Crippen LogP contribution in [0.5, 0.6) is 0 Å². The van der Waals surface area contributed by atoms with E-state index in [0.717, 1.165) is 37.2 Å². The molecule has 1 aliphatic heterocycles. The number of benzene rings is 1. The number of likely N-dealkylation sites (tertiary alicyclic amines) is 1. The van der Waals surface area contributed by atoms with Crippen molar-refractivity contribution in [3.8, 4) is 6.07 Å². The van der Waals surface area contributed by atoms with Gasteiger partial charge in [-0.1, -0.05) is 24.8 Å². The van der Waals surface area contributed by atoms with Gasteiger partial charge in [0.15, 0.2) is 0 Å². The van der Waals surface area contributed by atoms with Gasteiger partial charge in [-0.05, 0) is 49.5 Å². The highest BCUT2D eigenvalue weighted by molar-refractivity contribution is 5.33. The third kappa shape index (κ3) is 3.26. The summed E-state index contributed by atoms with van der Waals surface area (Å²) in [6, 6.07) is 10.2.